The average Bonchev–Trinajstić information content (AvgIpc) is 1.59. The van der Waals surface area contributed by atoms with Crippen molar-refractivity contribution < 1.29 is 9.47 Å². The molecule has 0 amide bonds. The number of ether oxygens (including phenoxy) is 2. The van der Waals surface area contributed by atoms with Crippen LogP contribution in [0.15, 0.2) is 261 Å². The van der Waals surface area contributed by atoms with Gasteiger partial charge in [-0.05, 0) is 148 Å². The van der Waals surface area contributed by atoms with Crippen LogP contribution in [0.2, 0.25) is 0 Å². The third-order valence-corrected chi connectivity index (χ3v) is 20.7. The van der Waals surface area contributed by atoms with Crippen LogP contribution in [0.3, 0.4) is 0 Å². The highest BCUT2D eigenvalue weighted by atomic mass is 16.5. The van der Waals surface area contributed by atoms with Crippen molar-refractivity contribution >= 4 is 17.1 Å². The predicted molar refractivity (Wildman–Crippen MR) is 387 cm³/mol. The summed E-state index contributed by atoms with van der Waals surface area (Å²) in [5.74, 6) is 3.43. The van der Waals surface area contributed by atoms with Gasteiger partial charge in [0.25, 0.3) is 0 Å². The maximum atomic E-state index is 7.63. The second-order valence-electron chi connectivity index (χ2n) is 30.4. The fourth-order valence-corrected chi connectivity index (χ4v) is 15.8. The van der Waals surface area contributed by atoms with Crippen LogP contribution in [0.5, 0.6) is 23.0 Å². The van der Waals surface area contributed by atoms with Gasteiger partial charge in [0.1, 0.15) is 23.0 Å². The van der Waals surface area contributed by atoms with Crippen molar-refractivity contribution in [1.82, 2.24) is 0 Å². The lowest BCUT2D eigenvalue weighted by molar-refractivity contribution is 0.436. The number of rotatable bonds is 6. The molecule has 0 radical (unpaired) electrons. The van der Waals surface area contributed by atoms with Crippen LogP contribution in [0.25, 0.3) is 55.6 Å². The fourth-order valence-electron chi connectivity index (χ4n) is 15.8. The molecule has 456 valence electrons. The molecule has 2 aliphatic heterocycles. The van der Waals surface area contributed by atoms with E-state index in [2.05, 4.69) is 349 Å². The molecule has 0 unspecified atom stereocenters. The van der Waals surface area contributed by atoms with E-state index in [1.54, 1.807) is 0 Å². The van der Waals surface area contributed by atoms with Gasteiger partial charge < -0.3 is 14.4 Å². The van der Waals surface area contributed by atoms with Crippen molar-refractivity contribution in [2.24, 2.45) is 0 Å². The lowest BCUT2D eigenvalue weighted by Gasteiger charge is -2.41. The molecule has 12 aromatic carbocycles. The third kappa shape index (κ3) is 8.90. The Balaban J connectivity index is 0.980. The first kappa shape index (κ1) is 58.1. The first-order valence-electron chi connectivity index (χ1n) is 33.2. The molecule has 0 saturated carbocycles. The summed E-state index contributed by atoms with van der Waals surface area (Å²) in [6.45, 7) is 28.0. The van der Waals surface area contributed by atoms with Gasteiger partial charge in [0.05, 0.1) is 22.2 Å². The van der Waals surface area contributed by atoms with Gasteiger partial charge in [0, 0.05) is 44.6 Å². The van der Waals surface area contributed by atoms with E-state index in [0.29, 0.717) is 0 Å². The number of fused-ring (bicyclic) bond motifs is 18. The Labute approximate surface area is 550 Å². The topological polar surface area (TPSA) is 21.7 Å². The Hall–Kier alpha value is -9.96. The van der Waals surface area contributed by atoms with Crippen LogP contribution < -0.4 is 14.4 Å². The second-order valence-corrected chi connectivity index (χ2v) is 30.4. The van der Waals surface area contributed by atoms with Crippen molar-refractivity contribution in [3.05, 3.63) is 328 Å². The summed E-state index contributed by atoms with van der Waals surface area (Å²) in [5.41, 5.74) is 27.7. The zero-order valence-electron chi connectivity index (χ0n) is 55.6. The Morgan fingerprint density at radius 3 is 1.13 bits per heavy atom. The van der Waals surface area contributed by atoms with Crippen LogP contribution in [-0.2, 0) is 32.5 Å². The highest BCUT2D eigenvalue weighted by Gasteiger charge is 2.54. The normalized spacial score (nSPS) is 14.4. The van der Waals surface area contributed by atoms with Crippen LogP contribution in [-0.4, -0.2) is 0 Å². The molecule has 2 spiro atoms. The molecule has 0 fully saturated rings. The van der Waals surface area contributed by atoms with E-state index in [1.807, 2.05) is 0 Å². The summed E-state index contributed by atoms with van der Waals surface area (Å²) in [5, 5.41) is 0. The Bertz CT molecular complexity index is 4890. The second kappa shape index (κ2) is 20.8. The van der Waals surface area contributed by atoms with Gasteiger partial charge in [-0.3, -0.25) is 0 Å². The van der Waals surface area contributed by atoms with Gasteiger partial charge in [0.2, 0.25) is 0 Å². The lowest BCUT2D eigenvalue weighted by Crippen LogP contribution is -2.33. The zero-order valence-corrected chi connectivity index (χ0v) is 55.6. The van der Waals surface area contributed by atoms with E-state index < -0.39 is 10.8 Å². The SMILES string of the molecule is CC(C)(C)c1ccc2c(c1)C1(c3ccccc3Oc3ccc(N(c4ccccc4-c4ccc(-c5ccccc5)cc4)c4ccccc4-c4cccc5c4Oc4ccccc4C54c5cc(C(C)(C)C)ccc5-c5ccc(C(C)(C)C)cc54)cc31)c1cc(C(C)(C)C)ccc1-2. The monoisotopic (exact) mass is 1210 g/mol. The fraction of sp³-hybridized carbons (Fsp3) is 0.200. The molecule has 93 heavy (non-hydrogen) atoms. The molecule has 0 aromatic heterocycles. The molecule has 12 aromatic rings. The minimum Gasteiger partial charge on any atom is -0.457 e. The van der Waals surface area contributed by atoms with Gasteiger partial charge in [-0.1, -0.05) is 301 Å². The van der Waals surface area contributed by atoms with Gasteiger partial charge >= 0.3 is 0 Å². The maximum Gasteiger partial charge on any atom is 0.140 e. The lowest BCUT2D eigenvalue weighted by atomic mass is 9.64. The van der Waals surface area contributed by atoms with Crippen LogP contribution in [0.1, 0.15) is 150 Å². The molecular weight excluding hydrogens is 1130 g/mol. The van der Waals surface area contributed by atoms with Gasteiger partial charge in [-0.25, -0.2) is 0 Å². The van der Waals surface area contributed by atoms with Crippen molar-refractivity contribution in [2.45, 2.75) is 116 Å². The first-order valence-corrected chi connectivity index (χ1v) is 33.2. The molecule has 0 bridgehead atoms. The molecule has 0 N–H and O–H groups in total. The van der Waals surface area contributed by atoms with Crippen LogP contribution in [0.4, 0.5) is 17.1 Å². The molecule has 0 atom stereocenters. The highest BCUT2D eigenvalue weighted by molar-refractivity contribution is 5.98. The number of para-hydroxylation sites is 5. The largest absolute Gasteiger partial charge is 0.457 e. The van der Waals surface area contributed by atoms with E-state index in [4.69, 9.17) is 9.47 Å². The summed E-state index contributed by atoms with van der Waals surface area (Å²) >= 11 is 0. The van der Waals surface area contributed by atoms with Gasteiger partial charge in [-0.2, -0.15) is 0 Å². The molecule has 2 aliphatic carbocycles. The Morgan fingerprint density at radius 2 is 0.624 bits per heavy atom. The van der Waals surface area contributed by atoms with E-state index in [0.717, 1.165) is 84.6 Å². The molecule has 3 heteroatoms. The predicted octanol–water partition coefficient (Wildman–Crippen LogP) is 24.3. The first-order chi connectivity index (χ1) is 44.6. The quantitative estimate of drug-likeness (QED) is 0.166. The van der Waals surface area contributed by atoms with E-state index in [1.165, 1.54) is 77.9 Å². The Morgan fingerprint density at radius 1 is 0.247 bits per heavy atom. The Kier molecular flexibility index (Phi) is 13.0. The van der Waals surface area contributed by atoms with Gasteiger partial charge in [0.15, 0.2) is 0 Å². The van der Waals surface area contributed by atoms with E-state index >= 15 is 0 Å². The summed E-state index contributed by atoms with van der Waals surface area (Å²) < 4.78 is 14.9. The van der Waals surface area contributed by atoms with Crippen LogP contribution in [0, 0.1) is 0 Å². The standard InChI is InChI=1S/C90H79NO2/c1-85(2,3)59-41-46-65-66-47-42-60(86(4,5)6)52-75(66)89(74(65)51-59)72-31-19-23-36-82(72)93-84-70(29-24-32-73(84)89)69-28-17-21-34-80(69)91(79-33-20-16-27-64(79)58-39-37-57(38-40-58)56-25-14-13-15-26-56)63-45-50-83-78(55-63)90(71-30-18-22-35-81(71)92-83)76-53-61(87(7,8)9)43-48-67(76)68-49-44-62(54-77(68)90)88(10,11)12/h13-55H,1-12H3. The minimum atomic E-state index is -0.757. The minimum absolute atomic E-state index is 0.0966. The molecular formula is C90H79NO2. The van der Waals surface area contributed by atoms with E-state index in [-0.39, 0.29) is 21.7 Å². The molecule has 16 rings (SSSR count). The van der Waals surface area contributed by atoms with Crippen LogP contribution >= 0.6 is 0 Å². The van der Waals surface area contributed by atoms with Gasteiger partial charge in [-0.15, -0.1) is 0 Å². The van der Waals surface area contributed by atoms with E-state index in [9.17, 15) is 0 Å². The van der Waals surface area contributed by atoms with Crippen molar-refractivity contribution in [2.75, 3.05) is 4.90 Å². The summed E-state index contributed by atoms with van der Waals surface area (Å²) in [6.07, 6.45) is 0. The molecule has 0 saturated heterocycles. The van der Waals surface area contributed by atoms with Crippen molar-refractivity contribution in [3.63, 3.8) is 0 Å². The smallest absolute Gasteiger partial charge is 0.140 e. The third-order valence-electron chi connectivity index (χ3n) is 20.7. The zero-order chi connectivity index (χ0) is 64.1. The highest BCUT2D eigenvalue weighted by Crippen LogP contribution is 2.67. The summed E-state index contributed by atoms with van der Waals surface area (Å²) in [4.78, 5) is 2.52. The number of anilines is 3. The molecule has 4 aliphatic rings. The average molecular weight is 1210 g/mol. The summed E-state index contributed by atoms with van der Waals surface area (Å²) in [6, 6.07) is 98.3. The molecule has 2 heterocycles. The molecule has 3 nitrogen and oxygen atoms in total. The number of nitrogens with zero attached hydrogens (tertiary/aromatic N) is 1. The maximum absolute atomic E-state index is 7.63. The number of benzene rings is 12. The number of hydrogen-bond acceptors (Lipinski definition) is 3. The van der Waals surface area contributed by atoms with Crippen molar-refractivity contribution in [3.8, 4) is 78.6 Å². The van der Waals surface area contributed by atoms with Crippen molar-refractivity contribution in [1.29, 1.82) is 0 Å². The number of hydrogen-bond donors (Lipinski definition) is 0. The summed E-state index contributed by atoms with van der Waals surface area (Å²) in [7, 11) is 0.